The standard InChI is InChI=1S/C12H12N6OS2/c1-2-20-12-16-15-11(21-12)13-10(19)7-18-9-6-4-3-5-8(9)14-17-18/h3-6H,2,7H2,1H3,(H,13,15,19). The Kier molecular flexibility index (Phi) is 4.11. The number of carbonyl (C=O) groups is 1. The Bertz CT molecular complexity index is 768. The number of nitrogens with one attached hydrogen (secondary N) is 1. The molecule has 1 aromatic carbocycles. The summed E-state index contributed by atoms with van der Waals surface area (Å²) in [7, 11) is 0. The Labute approximate surface area is 128 Å². The van der Waals surface area contributed by atoms with Gasteiger partial charge in [-0.25, -0.2) is 4.68 Å². The third-order valence-corrected chi connectivity index (χ3v) is 4.49. The van der Waals surface area contributed by atoms with Gasteiger partial charge >= 0.3 is 0 Å². The summed E-state index contributed by atoms with van der Waals surface area (Å²) in [6.45, 7) is 2.14. The van der Waals surface area contributed by atoms with Gasteiger partial charge in [0.2, 0.25) is 11.0 Å². The fourth-order valence-electron chi connectivity index (χ4n) is 1.77. The SMILES string of the molecule is CCSc1nnc(NC(=O)Cn2nnc3ccccc32)s1. The number of nitrogens with zero attached hydrogens (tertiary/aromatic N) is 5. The first-order valence-electron chi connectivity index (χ1n) is 6.30. The van der Waals surface area contributed by atoms with E-state index in [1.165, 1.54) is 11.3 Å². The molecule has 9 heteroatoms. The molecule has 0 spiro atoms. The van der Waals surface area contributed by atoms with E-state index in [1.54, 1.807) is 16.4 Å². The molecule has 2 aromatic heterocycles. The van der Waals surface area contributed by atoms with Crippen molar-refractivity contribution in [1.82, 2.24) is 25.2 Å². The number of amides is 1. The van der Waals surface area contributed by atoms with Crippen LogP contribution in [-0.2, 0) is 11.3 Å². The van der Waals surface area contributed by atoms with Crippen LogP contribution >= 0.6 is 23.1 Å². The number of rotatable bonds is 5. The highest BCUT2D eigenvalue weighted by Gasteiger charge is 2.11. The summed E-state index contributed by atoms with van der Waals surface area (Å²) < 4.78 is 2.41. The first-order chi connectivity index (χ1) is 10.3. The Morgan fingerprint density at radius 3 is 3.05 bits per heavy atom. The second kappa shape index (κ2) is 6.19. The van der Waals surface area contributed by atoms with Crippen molar-refractivity contribution < 1.29 is 4.79 Å². The van der Waals surface area contributed by atoms with Crippen molar-refractivity contribution in [3.63, 3.8) is 0 Å². The Balaban J connectivity index is 1.68. The summed E-state index contributed by atoms with van der Waals surface area (Å²) in [6.07, 6.45) is 0. The molecule has 0 radical (unpaired) electrons. The van der Waals surface area contributed by atoms with Crippen LogP contribution < -0.4 is 5.32 Å². The van der Waals surface area contributed by atoms with E-state index in [1.807, 2.05) is 31.2 Å². The Morgan fingerprint density at radius 1 is 1.33 bits per heavy atom. The molecule has 0 aliphatic carbocycles. The molecule has 1 N–H and O–H groups in total. The molecular weight excluding hydrogens is 308 g/mol. The molecule has 0 atom stereocenters. The van der Waals surface area contributed by atoms with E-state index in [2.05, 4.69) is 25.8 Å². The van der Waals surface area contributed by atoms with Gasteiger partial charge in [-0.1, -0.05) is 47.4 Å². The van der Waals surface area contributed by atoms with Gasteiger partial charge in [0.1, 0.15) is 12.1 Å². The van der Waals surface area contributed by atoms with E-state index in [9.17, 15) is 4.79 Å². The van der Waals surface area contributed by atoms with E-state index < -0.39 is 0 Å². The van der Waals surface area contributed by atoms with Crippen LogP contribution in [0.3, 0.4) is 0 Å². The minimum absolute atomic E-state index is 0.0936. The highest BCUT2D eigenvalue weighted by atomic mass is 32.2. The van der Waals surface area contributed by atoms with E-state index in [-0.39, 0.29) is 12.5 Å². The van der Waals surface area contributed by atoms with Gasteiger partial charge < -0.3 is 0 Å². The number of hydrogen-bond acceptors (Lipinski definition) is 7. The molecule has 0 unspecified atom stereocenters. The average Bonchev–Trinajstić information content (AvgIpc) is 3.07. The molecule has 108 valence electrons. The molecule has 21 heavy (non-hydrogen) atoms. The summed E-state index contributed by atoms with van der Waals surface area (Å²) in [5, 5.41) is 19.1. The van der Waals surface area contributed by atoms with E-state index in [0.717, 1.165) is 21.1 Å². The van der Waals surface area contributed by atoms with Gasteiger partial charge in [0.05, 0.1) is 5.52 Å². The van der Waals surface area contributed by atoms with Gasteiger partial charge in [-0.05, 0) is 17.9 Å². The number of thioether (sulfide) groups is 1. The molecule has 0 aliphatic rings. The number of aromatic nitrogens is 5. The molecule has 3 aromatic rings. The predicted molar refractivity (Wildman–Crippen MR) is 82.5 cm³/mol. The smallest absolute Gasteiger partial charge is 0.248 e. The van der Waals surface area contributed by atoms with Crippen molar-refractivity contribution >= 4 is 45.2 Å². The normalized spacial score (nSPS) is 10.9. The number of benzene rings is 1. The lowest BCUT2D eigenvalue weighted by Gasteiger charge is -2.01. The quantitative estimate of drug-likeness (QED) is 0.572. The van der Waals surface area contributed by atoms with Gasteiger partial charge in [-0.3, -0.25) is 10.1 Å². The Morgan fingerprint density at radius 2 is 2.19 bits per heavy atom. The summed E-state index contributed by atoms with van der Waals surface area (Å²) in [6, 6.07) is 7.51. The maximum Gasteiger partial charge on any atom is 0.248 e. The molecule has 0 aliphatic heterocycles. The predicted octanol–water partition coefficient (Wildman–Crippen LogP) is 2.03. The van der Waals surface area contributed by atoms with Crippen LogP contribution in [0.1, 0.15) is 6.92 Å². The second-order valence-electron chi connectivity index (χ2n) is 4.09. The summed E-state index contributed by atoms with van der Waals surface area (Å²) in [4.78, 5) is 12.0. The fourth-order valence-corrected chi connectivity index (χ4v) is 3.44. The number of para-hydroxylation sites is 1. The summed E-state index contributed by atoms with van der Waals surface area (Å²) >= 11 is 2.96. The molecule has 3 rings (SSSR count). The fraction of sp³-hybridized carbons (Fsp3) is 0.250. The first kappa shape index (κ1) is 14.0. The Hall–Kier alpha value is -2.00. The number of fused-ring (bicyclic) bond motifs is 1. The molecule has 2 heterocycles. The lowest BCUT2D eigenvalue weighted by molar-refractivity contribution is -0.116. The van der Waals surface area contributed by atoms with Crippen LogP contribution in [-0.4, -0.2) is 36.9 Å². The maximum absolute atomic E-state index is 12.0. The minimum Gasteiger partial charge on any atom is -0.299 e. The molecule has 0 bridgehead atoms. The number of hydrogen-bond donors (Lipinski definition) is 1. The van der Waals surface area contributed by atoms with Crippen LogP contribution in [0.15, 0.2) is 28.6 Å². The minimum atomic E-state index is -0.199. The van der Waals surface area contributed by atoms with E-state index >= 15 is 0 Å². The zero-order valence-electron chi connectivity index (χ0n) is 11.2. The van der Waals surface area contributed by atoms with E-state index in [0.29, 0.717) is 5.13 Å². The van der Waals surface area contributed by atoms with Crippen molar-refractivity contribution in [2.24, 2.45) is 0 Å². The highest BCUT2D eigenvalue weighted by molar-refractivity contribution is 8.01. The lowest BCUT2D eigenvalue weighted by Crippen LogP contribution is -2.19. The third-order valence-electron chi connectivity index (χ3n) is 2.63. The molecule has 0 saturated heterocycles. The molecule has 0 saturated carbocycles. The van der Waals surface area contributed by atoms with Crippen molar-refractivity contribution in [3.8, 4) is 0 Å². The largest absolute Gasteiger partial charge is 0.299 e. The van der Waals surface area contributed by atoms with Crippen LogP contribution in [0.2, 0.25) is 0 Å². The van der Waals surface area contributed by atoms with Crippen LogP contribution in [0.25, 0.3) is 11.0 Å². The maximum atomic E-state index is 12.0. The van der Waals surface area contributed by atoms with Gasteiger partial charge in [0.25, 0.3) is 0 Å². The molecule has 1 amide bonds. The molecule has 7 nitrogen and oxygen atoms in total. The van der Waals surface area contributed by atoms with Gasteiger partial charge in [-0.15, -0.1) is 15.3 Å². The van der Waals surface area contributed by atoms with Crippen molar-refractivity contribution in [2.45, 2.75) is 17.8 Å². The third kappa shape index (κ3) is 3.19. The van der Waals surface area contributed by atoms with Crippen LogP contribution in [0, 0.1) is 0 Å². The van der Waals surface area contributed by atoms with Crippen LogP contribution in [0.5, 0.6) is 0 Å². The van der Waals surface area contributed by atoms with Crippen LogP contribution in [0.4, 0.5) is 5.13 Å². The topological polar surface area (TPSA) is 85.6 Å². The summed E-state index contributed by atoms with van der Waals surface area (Å²) in [5.74, 6) is 0.725. The van der Waals surface area contributed by atoms with Gasteiger partial charge in [0.15, 0.2) is 4.34 Å². The summed E-state index contributed by atoms with van der Waals surface area (Å²) in [5.41, 5.74) is 1.59. The zero-order chi connectivity index (χ0) is 14.7. The first-order valence-corrected chi connectivity index (χ1v) is 8.11. The molecule has 0 fully saturated rings. The molecular formula is C12H12N6OS2. The highest BCUT2D eigenvalue weighted by Crippen LogP contribution is 2.24. The van der Waals surface area contributed by atoms with Gasteiger partial charge in [-0.2, -0.15) is 0 Å². The number of carbonyl (C=O) groups excluding carboxylic acids is 1. The van der Waals surface area contributed by atoms with Crippen molar-refractivity contribution in [2.75, 3.05) is 11.1 Å². The van der Waals surface area contributed by atoms with Crippen molar-refractivity contribution in [1.29, 1.82) is 0 Å². The van der Waals surface area contributed by atoms with E-state index in [4.69, 9.17) is 0 Å². The lowest BCUT2D eigenvalue weighted by atomic mass is 10.3. The number of anilines is 1. The van der Waals surface area contributed by atoms with Gasteiger partial charge in [0, 0.05) is 0 Å². The van der Waals surface area contributed by atoms with Crippen molar-refractivity contribution in [3.05, 3.63) is 24.3 Å². The zero-order valence-corrected chi connectivity index (χ0v) is 12.8. The average molecular weight is 320 g/mol. The second-order valence-corrected chi connectivity index (χ2v) is 6.58. The monoisotopic (exact) mass is 320 g/mol.